The van der Waals surface area contributed by atoms with Gasteiger partial charge in [0.25, 0.3) is 0 Å². The maximum Gasteiger partial charge on any atom is 0.338 e. The number of hydrogen-bond donors (Lipinski definition) is 0. The smallest absolute Gasteiger partial charge is 0.338 e. The highest BCUT2D eigenvalue weighted by Gasteiger charge is 2.36. The highest BCUT2D eigenvalue weighted by atomic mass is 16.5. The minimum absolute atomic E-state index is 0.0106. The predicted octanol–water partition coefficient (Wildman–Crippen LogP) is 3.04. The van der Waals surface area contributed by atoms with Gasteiger partial charge in [-0.15, -0.1) is 0 Å². The van der Waals surface area contributed by atoms with E-state index in [2.05, 4.69) is 0 Å². The number of rotatable bonds is 8. The summed E-state index contributed by atoms with van der Waals surface area (Å²) in [7, 11) is 1.50. The van der Waals surface area contributed by atoms with Gasteiger partial charge in [-0.2, -0.15) is 0 Å². The van der Waals surface area contributed by atoms with Gasteiger partial charge in [0, 0.05) is 24.2 Å². The standard InChI is InChI=1S/C24H25NO7/c1-15(2)32-24(29)16-7-9-19(10-8-16)25-13-18(12-22(25)27)23(28)31-14-21(26)17-5-4-6-20(11-17)30-3/h4-11,15,18H,12-14H2,1-3H3/t18-/m1/s1. The van der Waals surface area contributed by atoms with Gasteiger partial charge in [0.2, 0.25) is 5.91 Å². The Morgan fingerprint density at radius 3 is 2.44 bits per heavy atom. The molecular formula is C24H25NO7. The lowest BCUT2D eigenvalue weighted by Crippen LogP contribution is -2.27. The molecule has 1 heterocycles. The third-order valence-electron chi connectivity index (χ3n) is 4.95. The lowest BCUT2D eigenvalue weighted by atomic mass is 10.1. The van der Waals surface area contributed by atoms with Gasteiger partial charge in [-0.25, -0.2) is 4.79 Å². The fourth-order valence-corrected chi connectivity index (χ4v) is 3.31. The molecule has 2 aromatic carbocycles. The Balaban J connectivity index is 1.57. The van der Waals surface area contributed by atoms with Gasteiger partial charge in [0.1, 0.15) is 5.75 Å². The molecule has 3 rings (SSSR count). The number of ether oxygens (including phenoxy) is 3. The first-order chi connectivity index (χ1) is 15.3. The fourth-order valence-electron chi connectivity index (χ4n) is 3.31. The Bertz CT molecular complexity index is 1010. The molecule has 1 amide bonds. The van der Waals surface area contributed by atoms with Crippen molar-refractivity contribution in [3.05, 3.63) is 59.7 Å². The number of nitrogens with zero attached hydrogens (tertiary/aromatic N) is 1. The first kappa shape index (κ1) is 23.0. The number of benzene rings is 2. The molecule has 8 nitrogen and oxygen atoms in total. The van der Waals surface area contributed by atoms with Crippen LogP contribution in [-0.4, -0.2) is 50.0 Å². The van der Waals surface area contributed by atoms with E-state index in [1.54, 1.807) is 62.4 Å². The molecule has 1 fully saturated rings. The van der Waals surface area contributed by atoms with Gasteiger partial charge in [-0.3, -0.25) is 14.4 Å². The second kappa shape index (κ2) is 10.1. The molecule has 0 aliphatic carbocycles. The van der Waals surface area contributed by atoms with Crippen molar-refractivity contribution in [2.24, 2.45) is 5.92 Å². The number of anilines is 1. The number of methoxy groups -OCH3 is 1. The Morgan fingerprint density at radius 1 is 1.06 bits per heavy atom. The zero-order valence-corrected chi connectivity index (χ0v) is 18.2. The summed E-state index contributed by atoms with van der Waals surface area (Å²) in [5, 5.41) is 0. The minimum atomic E-state index is -0.675. The van der Waals surface area contributed by atoms with Crippen LogP contribution < -0.4 is 9.64 Å². The molecule has 168 valence electrons. The summed E-state index contributed by atoms with van der Waals surface area (Å²) in [6, 6.07) is 13.0. The van der Waals surface area contributed by atoms with Crippen molar-refractivity contribution < 1.29 is 33.4 Å². The predicted molar refractivity (Wildman–Crippen MR) is 116 cm³/mol. The summed E-state index contributed by atoms with van der Waals surface area (Å²) in [5.41, 5.74) is 1.32. The monoisotopic (exact) mass is 439 g/mol. The molecule has 1 atom stereocenters. The van der Waals surface area contributed by atoms with E-state index in [1.807, 2.05) is 0 Å². The summed E-state index contributed by atoms with van der Waals surface area (Å²) in [6.45, 7) is 3.25. The number of ketones is 1. The maximum atomic E-state index is 12.4. The SMILES string of the molecule is COc1cccc(C(=O)COC(=O)[C@@H]2CC(=O)N(c3ccc(C(=O)OC(C)C)cc3)C2)c1. The molecule has 0 aromatic heterocycles. The number of carbonyl (C=O) groups excluding carboxylic acids is 4. The van der Waals surface area contributed by atoms with Crippen molar-refractivity contribution in [2.45, 2.75) is 26.4 Å². The Labute approximate surface area is 186 Å². The summed E-state index contributed by atoms with van der Waals surface area (Å²) in [6.07, 6.45) is -0.242. The average molecular weight is 439 g/mol. The van der Waals surface area contributed by atoms with Crippen molar-refractivity contribution in [3.8, 4) is 5.75 Å². The van der Waals surface area contributed by atoms with Crippen LogP contribution in [0.5, 0.6) is 5.75 Å². The molecule has 32 heavy (non-hydrogen) atoms. The lowest BCUT2D eigenvalue weighted by molar-refractivity contribution is -0.147. The topological polar surface area (TPSA) is 99.2 Å². The van der Waals surface area contributed by atoms with Crippen LogP contribution in [0.3, 0.4) is 0 Å². The van der Waals surface area contributed by atoms with E-state index in [0.29, 0.717) is 22.6 Å². The molecule has 2 aromatic rings. The van der Waals surface area contributed by atoms with Crippen LogP contribution in [-0.2, 0) is 19.1 Å². The molecule has 0 unspecified atom stereocenters. The molecule has 0 bridgehead atoms. The van der Waals surface area contributed by atoms with Crippen LogP contribution in [0.2, 0.25) is 0 Å². The molecule has 8 heteroatoms. The lowest BCUT2D eigenvalue weighted by Gasteiger charge is -2.17. The Hall–Kier alpha value is -3.68. The molecular weight excluding hydrogens is 414 g/mol. The number of carbonyl (C=O) groups is 4. The third kappa shape index (κ3) is 5.51. The highest BCUT2D eigenvalue weighted by molar-refractivity contribution is 6.01. The van der Waals surface area contributed by atoms with Crippen LogP contribution in [0, 0.1) is 5.92 Å². The number of Topliss-reactive ketones (excluding diaryl/α,β-unsaturated/α-hetero) is 1. The maximum absolute atomic E-state index is 12.4. The Morgan fingerprint density at radius 2 is 1.78 bits per heavy atom. The zero-order chi connectivity index (χ0) is 23.3. The van der Waals surface area contributed by atoms with Crippen LogP contribution >= 0.6 is 0 Å². The summed E-state index contributed by atoms with van der Waals surface area (Å²) in [4.78, 5) is 50.6. The van der Waals surface area contributed by atoms with Crippen molar-refractivity contribution in [3.63, 3.8) is 0 Å². The number of esters is 2. The van der Waals surface area contributed by atoms with E-state index in [0.717, 1.165) is 0 Å². The zero-order valence-electron chi connectivity index (χ0n) is 18.2. The average Bonchev–Trinajstić information content (AvgIpc) is 3.18. The van der Waals surface area contributed by atoms with Crippen molar-refractivity contribution in [1.82, 2.24) is 0 Å². The van der Waals surface area contributed by atoms with Gasteiger partial charge >= 0.3 is 11.9 Å². The largest absolute Gasteiger partial charge is 0.497 e. The molecule has 0 radical (unpaired) electrons. The van der Waals surface area contributed by atoms with Crippen molar-refractivity contribution in [1.29, 1.82) is 0 Å². The fraction of sp³-hybridized carbons (Fsp3) is 0.333. The summed E-state index contributed by atoms with van der Waals surface area (Å²) in [5.74, 6) is -1.78. The Kier molecular flexibility index (Phi) is 7.25. The van der Waals surface area contributed by atoms with Gasteiger partial charge in [-0.1, -0.05) is 12.1 Å². The van der Waals surface area contributed by atoms with Crippen LogP contribution in [0.25, 0.3) is 0 Å². The van der Waals surface area contributed by atoms with E-state index < -0.39 is 24.5 Å². The molecule has 1 aliphatic heterocycles. The normalized spacial score (nSPS) is 15.6. The molecule has 1 aliphatic rings. The first-order valence-corrected chi connectivity index (χ1v) is 10.2. The van der Waals surface area contributed by atoms with E-state index in [1.165, 1.54) is 12.0 Å². The minimum Gasteiger partial charge on any atom is -0.497 e. The van der Waals surface area contributed by atoms with E-state index in [4.69, 9.17) is 14.2 Å². The number of amides is 1. The van der Waals surface area contributed by atoms with Crippen molar-refractivity contribution in [2.75, 3.05) is 25.2 Å². The summed E-state index contributed by atoms with van der Waals surface area (Å²) < 4.78 is 15.4. The summed E-state index contributed by atoms with van der Waals surface area (Å²) >= 11 is 0. The second-order valence-electron chi connectivity index (χ2n) is 7.67. The van der Waals surface area contributed by atoms with Gasteiger partial charge in [0.05, 0.1) is 24.7 Å². The first-order valence-electron chi connectivity index (χ1n) is 10.2. The molecule has 1 saturated heterocycles. The number of hydrogen-bond acceptors (Lipinski definition) is 7. The van der Waals surface area contributed by atoms with E-state index in [-0.39, 0.29) is 30.8 Å². The van der Waals surface area contributed by atoms with Crippen LogP contribution in [0.4, 0.5) is 5.69 Å². The molecule has 0 saturated carbocycles. The van der Waals surface area contributed by atoms with Gasteiger partial charge in [0.15, 0.2) is 12.4 Å². The van der Waals surface area contributed by atoms with Gasteiger partial charge < -0.3 is 19.1 Å². The van der Waals surface area contributed by atoms with Crippen molar-refractivity contribution >= 4 is 29.3 Å². The van der Waals surface area contributed by atoms with E-state index in [9.17, 15) is 19.2 Å². The second-order valence-corrected chi connectivity index (χ2v) is 7.67. The third-order valence-corrected chi connectivity index (χ3v) is 4.95. The van der Waals surface area contributed by atoms with Crippen LogP contribution in [0.1, 0.15) is 41.0 Å². The van der Waals surface area contributed by atoms with Crippen LogP contribution in [0.15, 0.2) is 48.5 Å². The molecule has 0 N–H and O–H groups in total. The highest BCUT2D eigenvalue weighted by Crippen LogP contribution is 2.26. The molecule has 0 spiro atoms. The van der Waals surface area contributed by atoms with Gasteiger partial charge in [-0.05, 0) is 50.2 Å². The quantitative estimate of drug-likeness (QED) is 0.460. The van der Waals surface area contributed by atoms with E-state index >= 15 is 0 Å².